The number of hydrogen-bond acceptors (Lipinski definition) is 4. The first-order chi connectivity index (χ1) is 11.3. The van der Waals surface area contributed by atoms with Crippen molar-refractivity contribution in [3.05, 3.63) is 70.3 Å². The molecule has 0 spiro atoms. The second kappa shape index (κ2) is 5.44. The number of rotatable bonds is 2. The summed E-state index contributed by atoms with van der Waals surface area (Å²) in [6, 6.07) is 5.40. The van der Waals surface area contributed by atoms with Crippen LogP contribution in [-0.2, 0) is 4.84 Å². The van der Waals surface area contributed by atoms with Crippen molar-refractivity contribution in [3.63, 3.8) is 0 Å². The van der Waals surface area contributed by atoms with Crippen molar-refractivity contribution >= 4 is 17.8 Å². The minimum atomic E-state index is -2.13. The van der Waals surface area contributed by atoms with E-state index in [1.54, 1.807) is 0 Å². The number of halogens is 4. The van der Waals surface area contributed by atoms with E-state index in [1.165, 1.54) is 24.3 Å². The third-order valence-corrected chi connectivity index (χ3v) is 3.25. The van der Waals surface area contributed by atoms with E-state index in [4.69, 9.17) is 0 Å². The Morgan fingerprint density at radius 1 is 0.875 bits per heavy atom. The van der Waals surface area contributed by atoms with Gasteiger partial charge in [-0.2, -0.15) is 0 Å². The van der Waals surface area contributed by atoms with Crippen LogP contribution in [0.15, 0.2) is 30.3 Å². The van der Waals surface area contributed by atoms with Crippen LogP contribution in [0.2, 0.25) is 0 Å². The van der Waals surface area contributed by atoms with E-state index >= 15 is 0 Å². The lowest BCUT2D eigenvalue weighted by Gasteiger charge is -2.13. The summed E-state index contributed by atoms with van der Waals surface area (Å²) in [5.41, 5.74) is -1.73. The monoisotopic (exact) mass is 339 g/mol. The number of amides is 2. The highest BCUT2D eigenvalue weighted by atomic mass is 19.2. The molecule has 2 aromatic carbocycles. The molecule has 2 amide bonds. The van der Waals surface area contributed by atoms with Crippen LogP contribution < -0.4 is 0 Å². The number of hydrogen-bond donors (Lipinski definition) is 0. The first kappa shape index (κ1) is 15.7. The Hall–Kier alpha value is -3.23. The average Bonchev–Trinajstić information content (AvgIpc) is 2.78. The van der Waals surface area contributed by atoms with Crippen LogP contribution in [0.3, 0.4) is 0 Å². The van der Waals surface area contributed by atoms with Crippen LogP contribution in [0.25, 0.3) is 0 Å². The molecule has 0 aliphatic carbocycles. The fourth-order valence-electron chi connectivity index (χ4n) is 2.13. The summed E-state index contributed by atoms with van der Waals surface area (Å²) in [5.74, 6) is -11.7. The highest BCUT2D eigenvalue weighted by Crippen LogP contribution is 2.25. The van der Waals surface area contributed by atoms with Gasteiger partial charge >= 0.3 is 5.97 Å². The molecular weight excluding hydrogens is 334 g/mol. The summed E-state index contributed by atoms with van der Waals surface area (Å²) in [5, 5.41) is -0.00680. The molecule has 3 rings (SSSR count). The van der Waals surface area contributed by atoms with Gasteiger partial charge in [0.15, 0.2) is 17.5 Å². The van der Waals surface area contributed by atoms with Gasteiger partial charge in [0.05, 0.1) is 11.1 Å². The molecule has 0 fully saturated rings. The molecule has 0 unspecified atom stereocenters. The first-order valence-corrected chi connectivity index (χ1v) is 6.36. The SMILES string of the molecule is O=C(ON1C(=O)c2ccccc2C1=O)c1c(F)cc(F)c(F)c1F. The smallest absolute Gasteiger partial charge is 0.324 e. The second-order valence-electron chi connectivity index (χ2n) is 4.67. The van der Waals surface area contributed by atoms with Gasteiger partial charge in [-0.25, -0.2) is 22.4 Å². The van der Waals surface area contributed by atoms with E-state index in [0.717, 1.165) is 0 Å². The van der Waals surface area contributed by atoms with Gasteiger partial charge in [-0.15, -0.1) is 0 Å². The maximum atomic E-state index is 13.6. The molecule has 1 aliphatic rings. The standard InChI is InChI=1S/C15H5F4NO4/c16-8-5-9(17)11(18)12(19)10(8)15(23)24-20-13(21)6-3-1-2-4-7(6)14(20)22/h1-5H. The molecule has 5 nitrogen and oxygen atoms in total. The summed E-state index contributed by atoms with van der Waals surface area (Å²) in [6.07, 6.45) is 0. The minimum absolute atomic E-state index is 0.00680. The minimum Gasteiger partial charge on any atom is -0.324 e. The zero-order chi connectivity index (χ0) is 17.6. The van der Waals surface area contributed by atoms with Gasteiger partial charge in [0.1, 0.15) is 11.4 Å². The van der Waals surface area contributed by atoms with Crippen LogP contribution in [-0.4, -0.2) is 22.8 Å². The maximum absolute atomic E-state index is 13.6. The number of hydroxylamine groups is 2. The Morgan fingerprint density at radius 3 is 1.96 bits per heavy atom. The zero-order valence-corrected chi connectivity index (χ0v) is 11.5. The van der Waals surface area contributed by atoms with E-state index in [-0.39, 0.29) is 22.3 Å². The van der Waals surface area contributed by atoms with Gasteiger partial charge in [0.25, 0.3) is 11.8 Å². The molecule has 9 heteroatoms. The summed E-state index contributed by atoms with van der Waals surface area (Å²) >= 11 is 0. The molecule has 122 valence electrons. The Morgan fingerprint density at radius 2 is 1.42 bits per heavy atom. The lowest BCUT2D eigenvalue weighted by molar-refractivity contribution is -0.0591. The number of carbonyl (C=O) groups excluding carboxylic acids is 3. The van der Waals surface area contributed by atoms with Crippen LogP contribution in [0.5, 0.6) is 0 Å². The lowest BCUT2D eigenvalue weighted by Crippen LogP contribution is -2.33. The highest BCUT2D eigenvalue weighted by molar-refractivity contribution is 6.21. The molecule has 0 radical (unpaired) electrons. The van der Waals surface area contributed by atoms with Gasteiger partial charge in [0, 0.05) is 6.07 Å². The van der Waals surface area contributed by atoms with Crippen molar-refractivity contribution in [2.75, 3.05) is 0 Å². The number of benzene rings is 2. The van der Waals surface area contributed by atoms with E-state index in [1.807, 2.05) is 0 Å². The Balaban J connectivity index is 1.94. The zero-order valence-electron chi connectivity index (χ0n) is 11.5. The second-order valence-corrected chi connectivity index (χ2v) is 4.67. The van der Waals surface area contributed by atoms with Crippen molar-refractivity contribution in [2.45, 2.75) is 0 Å². The predicted molar refractivity (Wildman–Crippen MR) is 68.6 cm³/mol. The Kier molecular flexibility index (Phi) is 3.55. The summed E-state index contributed by atoms with van der Waals surface area (Å²) < 4.78 is 53.1. The molecule has 0 atom stereocenters. The molecule has 0 bridgehead atoms. The van der Waals surface area contributed by atoms with Crippen LogP contribution in [0, 0.1) is 23.3 Å². The highest BCUT2D eigenvalue weighted by Gasteiger charge is 2.40. The van der Waals surface area contributed by atoms with Crippen LogP contribution in [0.4, 0.5) is 17.6 Å². The fraction of sp³-hybridized carbons (Fsp3) is 0. The van der Waals surface area contributed by atoms with Gasteiger partial charge < -0.3 is 4.84 Å². The van der Waals surface area contributed by atoms with Crippen molar-refractivity contribution in [2.24, 2.45) is 0 Å². The predicted octanol–water partition coefficient (Wildman–Crippen LogP) is 2.61. The normalized spacial score (nSPS) is 13.2. The third-order valence-electron chi connectivity index (χ3n) is 3.25. The lowest BCUT2D eigenvalue weighted by atomic mass is 10.1. The summed E-state index contributed by atoms with van der Waals surface area (Å²) in [7, 11) is 0. The van der Waals surface area contributed by atoms with E-state index in [9.17, 15) is 31.9 Å². The van der Waals surface area contributed by atoms with Gasteiger partial charge in [-0.1, -0.05) is 17.2 Å². The number of carbonyl (C=O) groups is 3. The molecule has 24 heavy (non-hydrogen) atoms. The van der Waals surface area contributed by atoms with Crippen molar-refractivity contribution in [1.82, 2.24) is 5.06 Å². The molecule has 1 heterocycles. The molecule has 1 aliphatic heterocycles. The molecule has 0 N–H and O–H groups in total. The number of nitrogens with zero attached hydrogens (tertiary/aromatic N) is 1. The van der Waals surface area contributed by atoms with Gasteiger partial charge in [-0.3, -0.25) is 9.59 Å². The van der Waals surface area contributed by atoms with Gasteiger partial charge in [-0.05, 0) is 12.1 Å². The largest absolute Gasteiger partial charge is 0.370 e. The Bertz CT molecular complexity index is 878. The molecule has 0 aromatic heterocycles. The molecule has 2 aromatic rings. The first-order valence-electron chi connectivity index (χ1n) is 6.36. The quantitative estimate of drug-likeness (QED) is 0.365. The third kappa shape index (κ3) is 2.21. The van der Waals surface area contributed by atoms with Crippen molar-refractivity contribution in [3.8, 4) is 0 Å². The summed E-state index contributed by atoms with van der Waals surface area (Å²) in [6.45, 7) is 0. The van der Waals surface area contributed by atoms with Crippen molar-refractivity contribution in [1.29, 1.82) is 0 Å². The summed E-state index contributed by atoms with van der Waals surface area (Å²) in [4.78, 5) is 40.1. The van der Waals surface area contributed by atoms with Crippen LogP contribution >= 0.6 is 0 Å². The fourth-order valence-corrected chi connectivity index (χ4v) is 2.13. The maximum Gasteiger partial charge on any atom is 0.370 e. The van der Waals surface area contributed by atoms with Gasteiger partial charge in [0.2, 0.25) is 0 Å². The van der Waals surface area contributed by atoms with Crippen LogP contribution in [0.1, 0.15) is 31.1 Å². The molecule has 0 saturated heterocycles. The number of fused-ring (bicyclic) bond motifs is 1. The van der Waals surface area contributed by atoms with Crippen molar-refractivity contribution < 1.29 is 36.8 Å². The van der Waals surface area contributed by atoms with E-state index < -0.39 is 46.6 Å². The number of imide groups is 1. The Labute approximate surface area is 131 Å². The topological polar surface area (TPSA) is 63.7 Å². The van der Waals surface area contributed by atoms with E-state index in [2.05, 4.69) is 4.84 Å². The average molecular weight is 339 g/mol. The molecule has 0 saturated carbocycles. The molecular formula is C15H5F4NO4. The van der Waals surface area contributed by atoms with E-state index in [0.29, 0.717) is 0 Å².